The van der Waals surface area contributed by atoms with Gasteiger partial charge < -0.3 is 9.97 Å². The Balaban J connectivity index is 2.19. The number of hydrogen-bond acceptors (Lipinski definition) is 2. The maximum Gasteiger partial charge on any atom is 0.323 e. The molecule has 0 spiro atoms. The van der Waals surface area contributed by atoms with Crippen molar-refractivity contribution in [1.82, 2.24) is 9.97 Å². The van der Waals surface area contributed by atoms with Crippen LogP contribution in [0.2, 0.25) is 0 Å². The molecule has 3 aromatic rings. The normalized spacial score (nSPS) is 11.0. The monoisotopic (exact) mass is 456 g/mol. The number of hydrogen-bond donors (Lipinski definition) is 2. The molecule has 1 aromatic heterocycles. The van der Waals surface area contributed by atoms with Crippen LogP contribution in [0.4, 0.5) is 0 Å². The van der Waals surface area contributed by atoms with Crippen LogP contribution in [-0.4, -0.2) is 15.8 Å². The lowest BCUT2D eigenvalue weighted by molar-refractivity contribution is 0.103. The van der Waals surface area contributed by atoms with Gasteiger partial charge in [-0.25, -0.2) is 4.79 Å². The van der Waals surface area contributed by atoms with Gasteiger partial charge in [-0.2, -0.15) is 0 Å². The summed E-state index contributed by atoms with van der Waals surface area (Å²) in [7, 11) is 0. The van der Waals surface area contributed by atoms with Crippen LogP contribution in [0.1, 0.15) is 21.5 Å². The number of halogens is 2. The number of rotatable bonds is 2. The lowest BCUT2D eigenvalue weighted by atomic mass is 10.0. The molecule has 0 radical (unpaired) electrons. The number of aromatic amines is 2. The molecule has 21 heavy (non-hydrogen) atoms. The van der Waals surface area contributed by atoms with Gasteiger partial charge in [-0.15, -0.1) is 0 Å². The molecule has 0 aliphatic heterocycles. The van der Waals surface area contributed by atoms with Gasteiger partial charge in [-0.1, -0.05) is 12.1 Å². The van der Waals surface area contributed by atoms with Crippen LogP contribution in [0.25, 0.3) is 11.0 Å². The molecule has 6 heteroatoms. The van der Waals surface area contributed by atoms with Crippen LogP contribution >= 0.6 is 38.5 Å². The van der Waals surface area contributed by atoms with Crippen LogP contribution in [0, 0.1) is 10.5 Å². The van der Waals surface area contributed by atoms with Crippen molar-refractivity contribution in [2.75, 3.05) is 0 Å². The van der Waals surface area contributed by atoms with Crippen molar-refractivity contribution in [1.29, 1.82) is 0 Å². The first kappa shape index (κ1) is 14.5. The maximum atomic E-state index is 12.8. The highest BCUT2D eigenvalue weighted by Gasteiger charge is 2.17. The Hall–Kier alpha value is -1.41. The average Bonchev–Trinajstić information content (AvgIpc) is 2.79. The number of aromatic nitrogens is 2. The van der Waals surface area contributed by atoms with Gasteiger partial charge in [0, 0.05) is 19.2 Å². The first-order valence-electron chi connectivity index (χ1n) is 6.18. The van der Waals surface area contributed by atoms with Gasteiger partial charge >= 0.3 is 5.69 Å². The summed E-state index contributed by atoms with van der Waals surface area (Å²) < 4.78 is 1.60. The number of fused-ring (bicyclic) bond motifs is 1. The number of benzene rings is 2. The molecule has 0 aliphatic carbocycles. The smallest absolute Gasteiger partial charge is 0.306 e. The fraction of sp³-hybridized carbons (Fsp3) is 0.0667. The van der Waals surface area contributed by atoms with Crippen molar-refractivity contribution in [3.63, 3.8) is 0 Å². The highest BCUT2D eigenvalue weighted by atomic mass is 127. The molecule has 1 heterocycles. The van der Waals surface area contributed by atoms with Gasteiger partial charge in [-0.05, 0) is 69.2 Å². The molecule has 0 atom stereocenters. The van der Waals surface area contributed by atoms with E-state index in [1.807, 2.05) is 25.1 Å². The molecule has 2 N–H and O–H groups in total. The summed E-state index contributed by atoms with van der Waals surface area (Å²) in [5, 5.41) is 0. The summed E-state index contributed by atoms with van der Waals surface area (Å²) in [5.41, 5.74) is 3.26. The average molecular weight is 457 g/mol. The van der Waals surface area contributed by atoms with Crippen molar-refractivity contribution in [3.8, 4) is 0 Å². The number of imidazole rings is 1. The van der Waals surface area contributed by atoms with Gasteiger partial charge in [0.15, 0.2) is 5.78 Å². The van der Waals surface area contributed by atoms with E-state index in [4.69, 9.17) is 0 Å². The van der Waals surface area contributed by atoms with Gasteiger partial charge in [0.2, 0.25) is 0 Å². The SMILES string of the molecule is Cc1cccc(C(=O)c2cc3[nH]c(=O)[nH]c3cc2Br)c1I. The molecule has 0 saturated carbocycles. The third-order valence-electron chi connectivity index (χ3n) is 3.28. The van der Waals surface area contributed by atoms with Gasteiger partial charge in [0.25, 0.3) is 0 Å². The first-order chi connectivity index (χ1) is 9.97. The van der Waals surface area contributed by atoms with Crippen molar-refractivity contribution >= 4 is 55.3 Å². The maximum absolute atomic E-state index is 12.8. The minimum absolute atomic E-state index is 0.0704. The van der Waals surface area contributed by atoms with E-state index in [0.717, 1.165) is 9.13 Å². The Labute approximate surface area is 142 Å². The van der Waals surface area contributed by atoms with E-state index < -0.39 is 0 Å². The molecule has 0 amide bonds. The number of carbonyl (C=O) groups is 1. The van der Waals surface area contributed by atoms with Crippen molar-refractivity contribution in [3.05, 3.63) is 65.5 Å². The molecule has 4 nitrogen and oxygen atoms in total. The fourth-order valence-corrected chi connectivity index (χ4v) is 3.33. The van der Waals surface area contributed by atoms with E-state index in [0.29, 0.717) is 26.6 Å². The lowest BCUT2D eigenvalue weighted by Gasteiger charge is -2.08. The summed E-state index contributed by atoms with van der Waals surface area (Å²) in [6, 6.07) is 9.09. The molecule has 0 aliphatic rings. The van der Waals surface area contributed by atoms with Gasteiger partial charge in [0.05, 0.1) is 11.0 Å². The molecule has 106 valence electrons. The number of H-pyrrole nitrogens is 2. The molecule has 0 saturated heterocycles. The molecule has 0 bridgehead atoms. The minimum Gasteiger partial charge on any atom is -0.306 e. The zero-order valence-electron chi connectivity index (χ0n) is 11.0. The summed E-state index contributed by atoms with van der Waals surface area (Å²) >= 11 is 5.59. The van der Waals surface area contributed by atoms with E-state index >= 15 is 0 Å². The largest absolute Gasteiger partial charge is 0.323 e. The van der Waals surface area contributed by atoms with Crippen LogP contribution in [0.5, 0.6) is 0 Å². The zero-order valence-corrected chi connectivity index (χ0v) is 14.7. The Morgan fingerprint density at radius 1 is 1.14 bits per heavy atom. The second kappa shape index (κ2) is 5.42. The van der Waals surface area contributed by atoms with Crippen molar-refractivity contribution < 1.29 is 4.79 Å². The molecule has 2 aromatic carbocycles. The highest BCUT2D eigenvalue weighted by molar-refractivity contribution is 14.1. The number of nitrogens with one attached hydrogen (secondary N) is 2. The number of carbonyl (C=O) groups excluding carboxylic acids is 1. The van der Waals surface area contributed by atoms with E-state index in [-0.39, 0.29) is 11.5 Å². The summed E-state index contributed by atoms with van der Waals surface area (Å²) in [6.07, 6.45) is 0. The minimum atomic E-state index is -0.286. The topological polar surface area (TPSA) is 65.7 Å². The summed E-state index contributed by atoms with van der Waals surface area (Å²) in [6.45, 7) is 1.97. The van der Waals surface area contributed by atoms with Gasteiger partial charge in [-0.3, -0.25) is 4.79 Å². The van der Waals surface area contributed by atoms with Gasteiger partial charge in [0.1, 0.15) is 0 Å². The second-order valence-corrected chi connectivity index (χ2v) is 6.66. The first-order valence-corrected chi connectivity index (χ1v) is 8.06. The Kier molecular flexibility index (Phi) is 3.75. The number of aryl methyl sites for hydroxylation is 1. The third-order valence-corrected chi connectivity index (χ3v) is 5.37. The molecule has 0 fully saturated rings. The van der Waals surface area contributed by atoms with E-state index in [1.54, 1.807) is 12.1 Å². The van der Waals surface area contributed by atoms with Crippen LogP contribution < -0.4 is 5.69 Å². The summed E-state index contributed by atoms with van der Waals surface area (Å²) in [4.78, 5) is 29.4. The standard InChI is InChI=1S/C15H10BrIN2O2/c1-7-3-2-4-8(13(7)17)14(20)9-5-11-12(6-10(9)16)19-15(21)18-11/h2-6H,1H3,(H2,18,19,21). The van der Waals surface area contributed by atoms with E-state index in [9.17, 15) is 9.59 Å². The molecule has 3 rings (SSSR count). The van der Waals surface area contributed by atoms with Crippen LogP contribution in [0.15, 0.2) is 39.6 Å². The van der Waals surface area contributed by atoms with Crippen molar-refractivity contribution in [2.24, 2.45) is 0 Å². The fourth-order valence-electron chi connectivity index (χ4n) is 2.20. The second-order valence-electron chi connectivity index (χ2n) is 4.72. The molecular formula is C15H10BrIN2O2. The third kappa shape index (κ3) is 2.57. The quantitative estimate of drug-likeness (QED) is 0.455. The van der Waals surface area contributed by atoms with Crippen molar-refractivity contribution in [2.45, 2.75) is 6.92 Å². The molecule has 0 unspecified atom stereocenters. The molecular weight excluding hydrogens is 447 g/mol. The Bertz CT molecular complexity index is 927. The predicted molar refractivity (Wildman–Crippen MR) is 93.9 cm³/mol. The van der Waals surface area contributed by atoms with Crippen LogP contribution in [-0.2, 0) is 0 Å². The van der Waals surface area contributed by atoms with E-state index in [1.165, 1.54) is 0 Å². The summed E-state index contributed by atoms with van der Waals surface area (Å²) in [5.74, 6) is -0.0704. The Morgan fingerprint density at radius 3 is 2.52 bits per heavy atom. The van der Waals surface area contributed by atoms with E-state index in [2.05, 4.69) is 48.5 Å². The highest BCUT2D eigenvalue weighted by Crippen LogP contribution is 2.26. The predicted octanol–water partition coefficient (Wildman–Crippen LogP) is 3.76. The lowest BCUT2D eigenvalue weighted by Crippen LogP contribution is -2.05. The zero-order chi connectivity index (χ0) is 15.1. The Morgan fingerprint density at radius 2 is 1.81 bits per heavy atom. The number of ketones is 1. The van der Waals surface area contributed by atoms with Crippen LogP contribution in [0.3, 0.4) is 0 Å².